The first kappa shape index (κ1) is 17.7. The molecular formula is C16H17ClN4O3S. The fraction of sp³-hybridized carbons (Fsp3) is 0.250. The first-order chi connectivity index (χ1) is 12.0. The first-order valence-corrected chi connectivity index (χ1v) is 9.46. The highest BCUT2D eigenvalue weighted by molar-refractivity contribution is 7.89. The van der Waals surface area contributed by atoms with Crippen LogP contribution in [0.5, 0.6) is 5.75 Å². The molecule has 9 heteroatoms. The molecule has 0 unspecified atom stereocenters. The van der Waals surface area contributed by atoms with Crippen molar-refractivity contribution >= 4 is 32.5 Å². The lowest BCUT2D eigenvalue weighted by Crippen LogP contribution is -2.26. The molecule has 25 heavy (non-hydrogen) atoms. The predicted octanol–water partition coefficient (Wildman–Crippen LogP) is 2.46. The lowest BCUT2D eigenvalue weighted by molar-refractivity contribution is 0.403. The van der Waals surface area contributed by atoms with Crippen molar-refractivity contribution in [2.45, 2.75) is 17.9 Å². The lowest BCUT2D eigenvalue weighted by atomic mass is 10.2. The molecule has 2 aromatic heterocycles. The van der Waals surface area contributed by atoms with Gasteiger partial charge in [0, 0.05) is 30.9 Å². The summed E-state index contributed by atoms with van der Waals surface area (Å²) in [5.74, 6) is 0.263. The van der Waals surface area contributed by atoms with Gasteiger partial charge in [-0.3, -0.25) is 0 Å². The molecule has 0 bridgehead atoms. The van der Waals surface area contributed by atoms with Gasteiger partial charge in [0.25, 0.3) is 0 Å². The van der Waals surface area contributed by atoms with Crippen LogP contribution >= 0.6 is 11.6 Å². The highest BCUT2D eigenvalue weighted by atomic mass is 35.5. The summed E-state index contributed by atoms with van der Waals surface area (Å²) in [4.78, 5) is 8.18. The van der Waals surface area contributed by atoms with E-state index in [2.05, 4.69) is 14.7 Å². The fourth-order valence-corrected chi connectivity index (χ4v) is 4.12. The number of sulfonamides is 1. The second kappa shape index (κ2) is 7.38. The molecule has 0 saturated heterocycles. The number of hydrogen-bond acceptors (Lipinski definition) is 5. The number of ether oxygens (including phenoxy) is 1. The molecule has 0 radical (unpaired) electrons. The third kappa shape index (κ3) is 3.92. The third-order valence-corrected chi connectivity index (χ3v) is 5.44. The van der Waals surface area contributed by atoms with Gasteiger partial charge in [-0.25, -0.2) is 23.1 Å². The monoisotopic (exact) mass is 380 g/mol. The minimum absolute atomic E-state index is 0.0688. The van der Waals surface area contributed by atoms with Crippen LogP contribution in [0.2, 0.25) is 5.15 Å². The Balaban J connectivity index is 1.85. The number of nitrogens with zero attached hydrogens (tertiary/aromatic N) is 3. The summed E-state index contributed by atoms with van der Waals surface area (Å²) in [5, 5.41) is 0.764. The molecule has 3 aromatic rings. The Morgan fingerprint density at radius 3 is 2.84 bits per heavy atom. The van der Waals surface area contributed by atoms with Crippen LogP contribution in [0, 0.1) is 0 Å². The smallest absolute Gasteiger partial charge is 0.244 e. The van der Waals surface area contributed by atoms with Gasteiger partial charge in [0.1, 0.15) is 15.8 Å². The van der Waals surface area contributed by atoms with E-state index >= 15 is 0 Å². The average Bonchev–Trinajstić information content (AvgIpc) is 3.11. The number of pyridine rings is 1. The van der Waals surface area contributed by atoms with Crippen molar-refractivity contribution in [3.63, 3.8) is 0 Å². The van der Waals surface area contributed by atoms with Crippen molar-refractivity contribution in [3.8, 4) is 5.75 Å². The van der Waals surface area contributed by atoms with E-state index in [9.17, 15) is 8.42 Å². The molecule has 0 amide bonds. The molecule has 3 rings (SSSR count). The van der Waals surface area contributed by atoms with E-state index in [0.717, 1.165) is 0 Å². The van der Waals surface area contributed by atoms with Crippen molar-refractivity contribution in [3.05, 3.63) is 48.1 Å². The molecule has 0 saturated carbocycles. The highest BCUT2D eigenvalue weighted by Crippen LogP contribution is 2.32. The van der Waals surface area contributed by atoms with Gasteiger partial charge in [0.15, 0.2) is 0 Å². The summed E-state index contributed by atoms with van der Waals surface area (Å²) in [6.45, 7) is 0.966. The van der Waals surface area contributed by atoms with E-state index in [1.165, 1.54) is 7.11 Å². The Bertz CT molecular complexity index is 974. The fourth-order valence-electron chi connectivity index (χ4n) is 2.53. The highest BCUT2D eigenvalue weighted by Gasteiger charge is 2.23. The molecule has 7 nitrogen and oxygen atoms in total. The van der Waals surface area contributed by atoms with Crippen molar-refractivity contribution in [2.24, 2.45) is 0 Å². The first-order valence-electron chi connectivity index (χ1n) is 7.60. The largest absolute Gasteiger partial charge is 0.495 e. The van der Waals surface area contributed by atoms with Crippen LogP contribution in [0.4, 0.5) is 0 Å². The molecule has 0 aliphatic heterocycles. The van der Waals surface area contributed by atoms with Crippen LogP contribution in [0.25, 0.3) is 10.9 Å². The van der Waals surface area contributed by atoms with Crippen molar-refractivity contribution in [2.75, 3.05) is 13.7 Å². The molecule has 0 spiro atoms. The summed E-state index contributed by atoms with van der Waals surface area (Å²) < 4.78 is 35.3. The van der Waals surface area contributed by atoms with Crippen LogP contribution in [0.15, 0.2) is 47.9 Å². The van der Waals surface area contributed by atoms with Gasteiger partial charge in [-0.2, -0.15) is 0 Å². The maximum atomic E-state index is 12.8. The zero-order chi connectivity index (χ0) is 17.9. The molecule has 0 aliphatic rings. The van der Waals surface area contributed by atoms with Crippen molar-refractivity contribution in [1.82, 2.24) is 19.3 Å². The van der Waals surface area contributed by atoms with Gasteiger partial charge in [-0.15, -0.1) is 0 Å². The number of imidazole rings is 1. The average molecular weight is 381 g/mol. The summed E-state index contributed by atoms with van der Waals surface area (Å²) in [7, 11) is -2.33. The number of nitrogens with one attached hydrogen (secondary N) is 1. The number of aryl methyl sites for hydroxylation is 1. The van der Waals surface area contributed by atoms with E-state index in [-0.39, 0.29) is 10.6 Å². The Labute approximate surface area is 150 Å². The van der Waals surface area contributed by atoms with Gasteiger partial charge in [0.2, 0.25) is 10.0 Å². The van der Waals surface area contributed by atoms with Crippen molar-refractivity contribution < 1.29 is 13.2 Å². The lowest BCUT2D eigenvalue weighted by Gasteiger charge is -2.13. The normalized spacial score (nSPS) is 11.8. The zero-order valence-corrected chi connectivity index (χ0v) is 15.1. The maximum Gasteiger partial charge on any atom is 0.244 e. The van der Waals surface area contributed by atoms with Crippen LogP contribution in [0.3, 0.4) is 0 Å². The number of hydrogen-bond donors (Lipinski definition) is 1. The second-order valence-electron chi connectivity index (χ2n) is 5.35. The van der Waals surface area contributed by atoms with E-state index in [0.29, 0.717) is 35.6 Å². The number of fused-ring (bicyclic) bond motifs is 1. The number of rotatable bonds is 7. The van der Waals surface area contributed by atoms with Gasteiger partial charge in [0.05, 0.1) is 19.0 Å². The molecule has 1 aromatic carbocycles. The number of halogens is 1. The quantitative estimate of drug-likeness (QED) is 0.502. The van der Waals surface area contributed by atoms with Gasteiger partial charge < -0.3 is 9.30 Å². The Morgan fingerprint density at radius 2 is 2.12 bits per heavy atom. The minimum atomic E-state index is -3.77. The molecule has 0 fully saturated rings. The zero-order valence-electron chi connectivity index (χ0n) is 13.5. The van der Waals surface area contributed by atoms with Gasteiger partial charge in [-0.1, -0.05) is 11.6 Å². The molecule has 0 aliphatic carbocycles. The van der Waals surface area contributed by atoms with Gasteiger partial charge in [-0.05, 0) is 30.7 Å². The number of methoxy groups -OCH3 is 1. The predicted molar refractivity (Wildman–Crippen MR) is 95.3 cm³/mol. The molecule has 132 valence electrons. The summed E-state index contributed by atoms with van der Waals surface area (Å²) in [6.07, 6.45) is 5.84. The van der Waals surface area contributed by atoms with Crippen LogP contribution in [-0.4, -0.2) is 36.6 Å². The Morgan fingerprint density at radius 1 is 1.28 bits per heavy atom. The standard InChI is InChI=1S/C16H17ClN4O3S/c1-24-14-5-4-13-12(3-6-15(17)20-13)16(14)25(22,23)19-7-2-9-21-10-8-18-11-21/h3-6,8,10-11,19H,2,7,9H2,1H3. The molecular weight excluding hydrogens is 364 g/mol. The second-order valence-corrected chi connectivity index (χ2v) is 7.44. The minimum Gasteiger partial charge on any atom is -0.495 e. The van der Waals surface area contributed by atoms with Gasteiger partial charge >= 0.3 is 0 Å². The number of benzene rings is 1. The summed E-state index contributed by atoms with van der Waals surface area (Å²) in [5.41, 5.74) is 0.493. The summed E-state index contributed by atoms with van der Waals surface area (Å²) in [6, 6.07) is 6.44. The van der Waals surface area contributed by atoms with Crippen LogP contribution in [0.1, 0.15) is 6.42 Å². The third-order valence-electron chi connectivity index (χ3n) is 3.68. The van der Waals surface area contributed by atoms with Crippen LogP contribution < -0.4 is 9.46 Å². The Kier molecular flexibility index (Phi) is 5.22. The molecule has 0 atom stereocenters. The molecule has 2 heterocycles. The maximum absolute atomic E-state index is 12.8. The SMILES string of the molecule is COc1ccc2nc(Cl)ccc2c1S(=O)(=O)NCCCn1ccnc1. The molecule has 1 N–H and O–H groups in total. The van der Waals surface area contributed by atoms with E-state index in [4.69, 9.17) is 16.3 Å². The summed E-state index contributed by atoms with van der Waals surface area (Å²) >= 11 is 5.90. The number of aromatic nitrogens is 3. The van der Waals surface area contributed by atoms with Crippen LogP contribution in [-0.2, 0) is 16.6 Å². The van der Waals surface area contributed by atoms with E-state index < -0.39 is 10.0 Å². The van der Waals surface area contributed by atoms with E-state index in [1.807, 2.05) is 10.8 Å². The topological polar surface area (TPSA) is 86.1 Å². The Hall–Kier alpha value is -2.16. The van der Waals surface area contributed by atoms with E-state index in [1.54, 1.807) is 36.8 Å². The van der Waals surface area contributed by atoms with Crippen molar-refractivity contribution in [1.29, 1.82) is 0 Å².